The van der Waals surface area contributed by atoms with E-state index >= 15 is 0 Å². The third-order valence-electron chi connectivity index (χ3n) is 3.73. The molecule has 1 aliphatic carbocycles. The Kier molecular flexibility index (Phi) is 2.16. The van der Waals surface area contributed by atoms with Crippen molar-refractivity contribution in [1.29, 1.82) is 0 Å². The Morgan fingerprint density at radius 2 is 2.31 bits per heavy atom. The minimum absolute atomic E-state index is 0.654. The molecule has 0 bridgehead atoms. The number of hydrogen-bond donors (Lipinski definition) is 0. The van der Waals surface area contributed by atoms with Crippen LogP contribution in [0.5, 0.6) is 5.75 Å². The molecule has 0 fully saturated rings. The van der Waals surface area contributed by atoms with E-state index in [2.05, 4.69) is 6.92 Å². The minimum atomic E-state index is 0.654. The van der Waals surface area contributed by atoms with Gasteiger partial charge in [-0.2, -0.15) is 0 Å². The van der Waals surface area contributed by atoms with Crippen LogP contribution in [-0.4, -0.2) is 7.11 Å². The predicted molar refractivity (Wildman–Crippen MR) is 64.1 cm³/mol. The molecule has 2 aromatic rings. The quantitative estimate of drug-likeness (QED) is 0.760. The van der Waals surface area contributed by atoms with Gasteiger partial charge in [0.1, 0.15) is 11.3 Å². The summed E-state index contributed by atoms with van der Waals surface area (Å²) in [7, 11) is 1.74. The van der Waals surface area contributed by atoms with Gasteiger partial charge < -0.3 is 9.15 Å². The number of ether oxygens (including phenoxy) is 1. The third kappa shape index (κ3) is 1.19. The number of methoxy groups -OCH3 is 1. The number of furan rings is 1. The first-order valence-corrected chi connectivity index (χ1v) is 5.92. The molecule has 0 saturated carbocycles. The highest BCUT2D eigenvalue weighted by Gasteiger charge is 2.25. The molecule has 1 aromatic carbocycles. The molecule has 84 valence electrons. The molecule has 1 unspecified atom stereocenters. The molecule has 16 heavy (non-hydrogen) atoms. The van der Waals surface area contributed by atoms with Crippen molar-refractivity contribution < 1.29 is 9.15 Å². The summed E-state index contributed by atoms with van der Waals surface area (Å²) in [6, 6.07) is 4.02. The average molecular weight is 216 g/mol. The molecule has 1 heterocycles. The largest absolute Gasteiger partial charge is 0.496 e. The summed E-state index contributed by atoms with van der Waals surface area (Å²) in [4.78, 5) is 0. The molecule has 3 rings (SSSR count). The van der Waals surface area contributed by atoms with Gasteiger partial charge in [0.15, 0.2) is 0 Å². The van der Waals surface area contributed by atoms with Crippen LogP contribution >= 0.6 is 0 Å². The fourth-order valence-corrected chi connectivity index (χ4v) is 2.85. The normalized spacial score (nSPS) is 19.0. The Bertz CT molecular complexity index is 525. The van der Waals surface area contributed by atoms with Crippen LogP contribution in [0.4, 0.5) is 0 Å². The van der Waals surface area contributed by atoms with E-state index in [0.717, 1.165) is 17.8 Å². The highest BCUT2D eigenvalue weighted by atomic mass is 16.5. The minimum Gasteiger partial charge on any atom is -0.496 e. The van der Waals surface area contributed by atoms with Crippen LogP contribution in [0.15, 0.2) is 22.8 Å². The van der Waals surface area contributed by atoms with E-state index in [-0.39, 0.29) is 0 Å². The van der Waals surface area contributed by atoms with Gasteiger partial charge in [-0.3, -0.25) is 0 Å². The highest BCUT2D eigenvalue weighted by molar-refractivity contribution is 5.88. The lowest BCUT2D eigenvalue weighted by Gasteiger charge is -2.21. The monoisotopic (exact) mass is 216 g/mol. The maximum atomic E-state index is 5.64. The van der Waals surface area contributed by atoms with Crippen molar-refractivity contribution in [3.8, 4) is 5.75 Å². The third-order valence-corrected chi connectivity index (χ3v) is 3.73. The molecule has 0 saturated heterocycles. The van der Waals surface area contributed by atoms with Gasteiger partial charge in [0.2, 0.25) is 0 Å². The Morgan fingerprint density at radius 3 is 3.06 bits per heavy atom. The van der Waals surface area contributed by atoms with E-state index in [9.17, 15) is 0 Å². The lowest BCUT2D eigenvalue weighted by Crippen LogP contribution is -2.07. The predicted octanol–water partition coefficient (Wildman–Crippen LogP) is 3.88. The summed E-state index contributed by atoms with van der Waals surface area (Å²) in [5.41, 5.74) is 3.70. The Morgan fingerprint density at radius 1 is 1.44 bits per heavy atom. The topological polar surface area (TPSA) is 22.4 Å². The zero-order valence-electron chi connectivity index (χ0n) is 9.75. The van der Waals surface area contributed by atoms with E-state index < -0.39 is 0 Å². The number of hydrogen-bond acceptors (Lipinski definition) is 2. The fourth-order valence-electron chi connectivity index (χ4n) is 2.85. The standard InChI is InChI=1S/C14H16O2/c1-3-9-4-5-10-12(15-2)6-7-13-14(10)11(9)8-16-13/h6-9H,3-5H2,1-2H3. The molecule has 0 radical (unpaired) electrons. The van der Waals surface area contributed by atoms with Crippen LogP contribution < -0.4 is 4.74 Å². The Balaban J connectivity index is 2.31. The first-order valence-electron chi connectivity index (χ1n) is 5.92. The average Bonchev–Trinajstić information content (AvgIpc) is 2.76. The van der Waals surface area contributed by atoms with E-state index in [1.807, 2.05) is 18.4 Å². The van der Waals surface area contributed by atoms with Crippen molar-refractivity contribution in [3.63, 3.8) is 0 Å². The molecule has 1 aliphatic rings. The van der Waals surface area contributed by atoms with Crippen molar-refractivity contribution in [2.75, 3.05) is 7.11 Å². The Labute approximate surface area is 95.2 Å². The summed E-state index contributed by atoms with van der Waals surface area (Å²) in [5.74, 6) is 1.66. The molecule has 0 aliphatic heterocycles. The van der Waals surface area contributed by atoms with Crippen LogP contribution in [0.2, 0.25) is 0 Å². The number of benzene rings is 1. The van der Waals surface area contributed by atoms with Gasteiger partial charge in [-0.1, -0.05) is 6.92 Å². The van der Waals surface area contributed by atoms with Crippen molar-refractivity contribution >= 4 is 11.0 Å². The van der Waals surface area contributed by atoms with Gasteiger partial charge in [-0.25, -0.2) is 0 Å². The summed E-state index contributed by atoms with van der Waals surface area (Å²) >= 11 is 0. The molecule has 0 spiro atoms. The van der Waals surface area contributed by atoms with Crippen molar-refractivity contribution in [3.05, 3.63) is 29.5 Å². The zero-order chi connectivity index (χ0) is 11.1. The smallest absolute Gasteiger partial charge is 0.134 e. The summed E-state index contributed by atoms with van der Waals surface area (Å²) in [6.07, 6.45) is 5.43. The molecular weight excluding hydrogens is 200 g/mol. The zero-order valence-corrected chi connectivity index (χ0v) is 9.75. The van der Waals surface area contributed by atoms with Gasteiger partial charge >= 0.3 is 0 Å². The SMILES string of the molecule is CCC1CCc2c(OC)ccc3occ1c23. The van der Waals surface area contributed by atoms with Gasteiger partial charge in [0.25, 0.3) is 0 Å². The molecule has 2 heteroatoms. The van der Waals surface area contributed by atoms with Crippen LogP contribution in [0.3, 0.4) is 0 Å². The highest BCUT2D eigenvalue weighted by Crippen LogP contribution is 2.42. The first-order chi connectivity index (χ1) is 7.85. The fraction of sp³-hybridized carbons (Fsp3) is 0.429. The van der Waals surface area contributed by atoms with Crippen molar-refractivity contribution in [1.82, 2.24) is 0 Å². The van der Waals surface area contributed by atoms with Gasteiger partial charge in [0, 0.05) is 16.5 Å². The number of rotatable bonds is 2. The molecule has 2 nitrogen and oxygen atoms in total. The summed E-state index contributed by atoms with van der Waals surface area (Å²) in [5, 5.41) is 1.30. The van der Waals surface area contributed by atoms with Crippen LogP contribution in [0.1, 0.15) is 36.8 Å². The molecular formula is C14H16O2. The second-order valence-corrected chi connectivity index (χ2v) is 4.45. The van der Waals surface area contributed by atoms with Gasteiger partial charge in [-0.15, -0.1) is 0 Å². The summed E-state index contributed by atoms with van der Waals surface area (Å²) in [6.45, 7) is 2.24. The maximum absolute atomic E-state index is 5.64. The molecule has 0 amide bonds. The van der Waals surface area contributed by atoms with Crippen molar-refractivity contribution in [2.24, 2.45) is 0 Å². The van der Waals surface area contributed by atoms with Gasteiger partial charge in [-0.05, 0) is 37.3 Å². The number of aryl methyl sites for hydroxylation is 1. The first kappa shape index (κ1) is 9.76. The van der Waals surface area contributed by atoms with E-state index in [4.69, 9.17) is 9.15 Å². The molecule has 1 atom stereocenters. The second kappa shape index (κ2) is 3.55. The second-order valence-electron chi connectivity index (χ2n) is 4.45. The van der Waals surface area contributed by atoms with Gasteiger partial charge in [0.05, 0.1) is 13.4 Å². The lowest BCUT2D eigenvalue weighted by molar-refractivity contribution is 0.408. The molecule has 0 N–H and O–H groups in total. The van der Waals surface area contributed by atoms with E-state index in [1.165, 1.54) is 29.4 Å². The Hall–Kier alpha value is -1.44. The van der Waals surface area contributed by atoms with Crippen LogP contribution in [-0.2, 0) is 6.42 Å². The van der Waals surface area contributed by atoms with Crippen LogP contribution in [0.25, 0.3) is 11.0 Å². The van der Waals surface area contributed by atoms with Crippen LogP contribution in [0, 0.1) is 0 Å². The summed E-state index contributed by atoms with van der Waals surface area (Å²) < 4.78 is 11.1. The van der Waals surface area contributed by atoms with Crippen molar-refractivity contribution in [2.45, 2.75) is 32.1 Å². The lowest BCUT2D eigenvalue weighted by atomic mass is 9.83. The van der Waals surface area contributed by atoms with E-state index in [1.54, 1.807) is 7.11 Å². The maximum Gasteiger partial charge on any atom is 0.134 e. The molecule has 1 aromatic heterocycles. The van der Waals surface area contributed by atoms with E-state index in [0.29, 0.717) is 5.92 Å².